The Bertz CT molecular complexity index is 517. The molecule has 0 radical (unpaired) electrons. The number of nitrogens with zero attached hydrogens (tertiary/aromatic N) is 2. The Balaban J connectivity index is 1.85. The number of carbonyl (C=O) groups is 1. The molecule has 1 aromatic carbocycles. The van der Waals surface area contributed by atoms with Crippen LogP contribution in [0, 0.1) is 0 Å². The number of imidazole rings is 1. The predicted molar refractivity (Wildman–Crippen MR) is 80.0 cm³/mol. The fourth-order valence-electron chi connectivity index (χ4n) is 2.05. The van der Waals surface area contributed by atoms with Gasteiger partial charge in [0.15, 0.2) is 0 Å². The lowest BCUT2D eigenvalue weighted by Gasteiger charge is -2.06. The van der Waals surface area contributed by atoms with Crippen LogP contribution < -0.4 is 5.32 Å². The monoisotopic (exact) mass is 271 g/mol. The Morgan fingerprint density at radius 2 is 2.00 bits per heavy atom. The quantitative estimate of drug-likeness (QED) is 0.786. The predicted octanol–water partition coefficient (Wildman–Crippen LogP) is 3.18. The molecular weight excluding hydrogens is 250 g/mol. The van der Waals surface area contributed by atoms with E-state index in [9.17, 15) is 4.79 Å². The van der Waals surface area contributed by atoms with Gasteiger partial charge < -0.3 is 9.88 Å². The molecule has 1 heterocycles. The summed E-state index contributed by atoms with van der Waals surface area (Å²) in [4.78, 5) is 15.9. The molecule has 0 aliphatic heterocycles. The molecule has 2 rings (SSSR count). The highest BCUT2D eigenvalue weighted by atomic mass is 16.1. The summed E-state index contributed by atoms with van der Waals surface area (Å²) in [5, 5.41) is 2.95. The lowest BCUT2D eigenvalue weighted by atomic mass is 10.1. The Morgan fingerprint density at radius 3 is 2.65 bits per heavy atom. The number of carbonyl (C=O) groups excluding carboxylic acids is 1. The van der Waals surface area contributed by atoms with Gasteiger partial charge in [0.05, 0.1) is 6.33 Å². The van der Waals surface area contributed by atoms with E-state index in [4.69, 9.17) is 0 Å². The zero-order chi connectivity index (χ0) is 14.2. The number of benzene rings is 1. The van der Waals surface area contributed by atoms with E-state index in [2.05, 4.69) is 17.2 Å². The molecule has 0 aliphatic carbocycles. The highest BCUT2D eigenvalue weighted by molar-refractivity contribution is 5.94. The lowest BCUT2D eigenvalue weighted by molar-refractivity contribution is 0.0953. The van der Waals surface area contributed by atoms with E-state index in [0.29, 0.717) is 5.56 Å². The van der Waals surface area contributed by atoms with Crippen molar-refractivity contribution in [2.45, 2.75) is 32.6 Å². The molecule has 0 bridgehead atoms. The number of aromatic nitrogens is 2. The van der Waals surface area contributed by atoms with Gasteiger partial charge in [-0.3, -0.25) is 4.79 Å². The van der Waals surface area contributed by atoms with Crippen molar-refractivity contribution >= 4 is 5.91 Å². The van der Waals surface area contributed by atoms with Crippen LogP contribution in [0.15, 0.2) is 43.0 Å². The second-order valence-corrected chi connectivity index (χ2v) is 4.83. The molecule has 0 spiro atoms. The zero-order valence-electron chi connectivity index (χ0n) is 11.9. The van der Waals surface area contributed by atoms with Crippen molar-refractivity contribution in [2.24, 2.45) is 0 Å². The molecule has 106 valence electrons. The number of amides is 1. The number of nitrogens with one attached hydrogen (secondary N) is 1. The molecule has 2 aromatic rings. The van der Waals surface area contributed by atoms with Crippen LogP contribution in [0.3, 0.4) is 0 Å². The second kappa shape index (κ2) is 7.48. The molecular formula is C16H21N3O. The van der Waals surface area contributed by atoms with Crippen molar-refractivity contribution in [3.8, 4) is 5.69 Å². The van der Waals surface area contributed by atoms with Gasteiger partial charge in [0.25, 0.3) is 5.91 Å². The standard InChI is InChI=1S/C16H21N3O/c1-2-3-4-5-10-18-16(20)14-6-8-15(9-7-14)19-12-11-17-13-19/h6-9,11-13H,2-5,10H2,1H3,(H,18,20). The highest BCUT2D eigenvalue weighted by Gasteiger charge is 2.04. The fourth-order valence-corrected chi connectivity index (χ4v) is 2.05. The van der Waals surface area contributed by atoms with Gasteiger partial charge in [0.1, 0.15) is 0 Å². The molecule has 4 heteroatoms. The third-order valence-corrected chi connectivity index (χ3v) is 3.25. The van der Waals surface area contributed by atoms with Crippen LogP contribution >= 0.6 is 0 Å². The molecule has 0 aliphatic rings. The minimum atomic E-state index is -0.00122. The van der Waals surface area contributed by atoms with E-state index in [1.807, 2.05) is 35.0 Å². The molecule has 20 heavy (non-hydrogen) atoms. The van der Waals surface area contributed by atoms with Crippen LogP contribution in [0.25, 0.3) is 5.69 Å². The van der Waals surface area contributed by atoms with Crippen molar-refractivity contribution in [3.05, 3.63) is 48.5 Å². The van der Waals surface area contributed by atoms with Crippen LogP contribution in [0.5, 0.6) is 0 Å². The van der Waals surface area contributed by atoms with E-state index in [0.717, 1.165) is 18.7 Å². The Hall–Kier alpha value is -2.10. The molecule has 0 fully saturated rings. The maximum Gasteiger partial charge on any atom is 0.251 e. The SMILES string of the molecule is CCCCCCNC(=O)c1ccc(-n2ccnc2)cc1. The summed E-state index contributed by atoms with van der Waals surface area (Å²) in [6.07, 6.45) is 10.0. The first kappa shape index (κ1) is 14.3. The Morgan fingerprint density at radius 1 is 1.20 bits per heavy atom. The van der Waals surface area contributed by atoms with Crippen LogP contribution in [0.2, 0.25) is 0 Å². The highest BCUT2D eigenvalue weighted by Crippen LogP contribution is 2.09. The smallest absolute Gasteiger partial charge is 0.251 e. The maximum atomic E-state index is 11.9. The van der Waals surface area contributed by atoms with E-state index < -0.39 is 0 Å². The van der Waals surface area contributed by atoms with Crippen LogP contribution in [-0.2, 0) is 0 Å². The topological polar surface area (TPSA) is 46.9 Å². The summed E-state index contributed by atoms with van der Waals surface area (Å²) in [5.41, 5.74) is 1.70. The molecule has 0 saturated heterocycles. The normalized spacial score (nSPS) is 10.4. The first-order chi connectivity index (χ1) is 9.81. The van der Waals surface area contributed by atoms with E-state index >= 15 is 0 Å². The lowest BCUT2D eigenvalue weighted by Crippen LogP contribution is -2.24. The third-order valence-electron chi connectivity index (χ3n) is 3.25. The van der Waals surface area contributed by atoms with Gasteiger partial charge >= 0.3 is 0 Å². The molecule has 0 saturated carbocycles. The van der Waals surface area contributed by atoms with Gasteiger partial charge in [-0.2, -0.15) is 0 Å². The molecule has 4 nitrogen and oxygen atoms in total. The first-order valence-corrected chi connectivity index (χ1v) is 7.18. The minimum Gasteiger partial charge on any atom is -0.352 e. The summed E-state index contributed by atoms with van der Waals surface area (Å²) in [6.45, 7) is 2.93. The zero-order valence-corrected chi connectivity index (χ0v) is 11.9. The van der Waals surface area contributed by atoms with Crippen molar-refractivity contribution in [1.29, 1.82) is 0 Å². The molecule has 1 N–H and O–H groups in total. The molecule has 0 atom stereocenters. The Kier molecular flexibility index (Phi) is 5.35. The van der Waals surface area contributed by atoms with Gasteiger partial charge in [-0.05, 0) is 30.7 Å². The summed E-state index contributed by atoms with van der Waals surface area (Å²) >= 11 is 0. The van der Waals surface area contributed by atoms with Crippen LogP contribution in [0.4, 0.5) is 0 Å². The van der Waals surface area contributed by atoms with Gasteiger partial charge in [0.2, 0.25) is 0 Å². The largest absolute Gasteiger partial charge is 0.352 e. The molecule has 0 unspecified atom stereocenters. The average molecular weight is 271 g/mol. The fraction of sp³-hybridized carbons (Fsp3) is 0.375. The Labute approximate surface area is 119 Å². The number of hydrogen-bond donors (Lipinski definition) is 1. The van der Waals surface area contributed by atoms with E-state index in [1.165, 1.54) is 19.3 Å². The van der Waals surface area contributed by atoms with Gasteiger partial charge in [-0.25, -0.2) is 4.98 Å². The van der Waals surface area contributed by atoms with E-state index in [-0.39, 0.29) is 5.91 Å². The minimum absolute atomic E-state index is 0.00122. The molecule has 1 aromatic heterocycles. The van der Waals surface area contributed by atoms with Crippen molar-refractivity contribution in [2.75, 3.05) is 6.54 Å². The first-order valence-electron chi connectivity index (χ1n) is 7.18. The van der Waals surface area contributed by atoms with Gasteiger partial charge in [0, 0.05) is 30.2 Å². The maximum absolute atomic E-state index is 11.9. The number of rotatable bonds is 7. The average Bonchev–Trinajstić information content (AvgIpc) is 3.01. The number of unbranched alkanes of at least 4 members (excludes halogenated alkanes) is 3. The van der Waals surface area contributed by atoms with Crippen LogP contribution in [0.1, 0.15) is 43.0 Å². The third kappa shape index (κ3) is 3.95. The van der Waals surface area contributed by atoms with E-state index in [1.54, 1.807) is 12.5 Å². The summed E-state index contributed by atoms with van der Waals surface area (Å²) in [5.74, 6) is -0.00122. The van der Waals surface area contributed by atoms with Gasteiger partial charge in [-0.15, -0.1) is 0 Å². The van der Waals surface area contributed by atoms with Crippen molar-refractivity contribution < 1.29 is 4.79 Å². The van der Waals surface area contributed by atoms with Crippen LogP contribution in [-0.4, -0.2) is 22.0 Å². The molecule has 1 amide bonds. The van der Waals surface area contributed by atoms with Crippen molar-refractivity contribution in [3.63, 3.8) is 0 Å². The second-order valence-electron chi connectivity index (χ2n) is 4.83. The van der Waals surface area contributed by atoms with Crippen molar-refractivity contribution in [1.82, 2.24) is 14.9 Å². The summed E-state index contributed by atoms with van der Waals surface area (Å²) in [7, 11) is 0. The number of hydrogen-bond acceptors (Lipinski definition) is 2. The summed E-state index contributed by atoms with van der Waals surface area (Å²) < 4.78 is 1.91. The summed E-state index contributed by atoms with van der Waals surface area (Å²) in [6, 6.07) is 7.54. The van der Waals surface area contributed by atoms with Gasteiger partial charge in [-0.1, -0.05) is 26.2 Å².